The maximum Gasteiger partial charge on any atom is 0.326 e. The largest absolute Gasteiger partial charge is 0.481 e. The van der Waals surface area contributed by atoms with Crippen molar-refractivity contribution in [3.05, 3.63) is 180 Å². The Morgan fingerprint density at radius 2 is 0.642 bits per heavy atom. The lowest BCUT2D eigenvalue weighted by atomic mass is 9.96. The number of hydrogen-bond acceptors (Lipinski definition) is 25. The van der Waals surface area contributed by atoms with Gasteiger partial charge in [-0.25, -0.2) is 4.79 Å². The molecule has 0 bridgehead atoms. The summed E-state index contributed by atoms with van der Waals surface area (Å²) in [6.07, 6.45) is -3.89. The molecular formula is C100H133N21O25S2. The summed E-state index contributed by atoms with van der Waals surface area (Å²) in [5.41, 5.74) is 26.4. The van der Waals surface area contributed by atoms with Gasteiger partial charge in [-0.1, -0.05) is 175 Å². The van der Waals surface area contributed by atoms with Crippen molar-refractivity contribution in [3.63, 3.8) is 0 Å². The summed E-state index contributed by atoms with van der Waals surface area (Å²) in [6.45, 7) is 9.89. The Balaban J connectivity index is 1.13. The molecule has 2 heterocycles. The smallest absolute Gasteiger partial charge is 0.326 e. The number of carbonyl (C=O) groups is 21. The average molecular weight is 2090 g/mol. The normalized spacial score (nSPS) is 14.7. The molecular weight excluding hydrogens is 1960 g/mol. The predicted molar refractivity (Wildman–Crippen MR) is 547 cm³/mol. The number of unbranched alkanes of at least 4 members (excludes halogenated alkanes) is 1. The quantitative estimate of drug-likeness (QED) is 0.0153. The number of para-hydroxylation sites is 2. The van der Waals surface area contributed by atoms with Gasteiger partial charge in [0.2, 0.25) is 100 Å². The highest BCUT2D eigenvalue weighted by molar-refractivity contribution is 7.80. The molecule has 0 aliphatic rings. The Morgan fingerprint density at radius 3 is 1.02 bits per heavy atom. The number of nitrogens with two attached hydrogens (primary N) is 4. The lowest BCUT2D eigenvalue weighted by Crippen LogP contribution is -2.62. The maximum absolute atomic E-state index is 15.3. The Labute approximate surface area is 863 Å². The first kappa shape index (κ1) is 120. The van der Waals surface area contributed by atoms with E-state index in [9.17, 15) is 97.1 Å². The van der Waals surface area contributed by atoms with Crippen LogP contribution in [0.2, 0.25) is 0 Å². The number of fused-ring (bicyclic) bond motifs is 2. The maximum atomic E-state index is 15.3. The lowest BCUT2D eigenvalue weighted by molar-refractivity contribution is -0.143. The van der Waals surface area contributed by atoms with Gasteiger partial charge >= 0.3 is 23.9 Å². The molecule has 0 radical (unpaired) electrons. The molecule has 0 saturated heterocycles. The molecule has 48 heteroatoms. The molecule has 29 N–H and O–H groups in total. The van der Waals surface area contributed by atoms with Gasteiger partial charge in [0.15, 0.2) is 0 Å². The number of hydrogen-bond donors (Lipinski definition) is 27. The number of benzene rings is 5. The highest BCUT2D eigenvalue weighted by atomic mass is 32.1. The van der Waals surface area contributed by atoms with Gasteiger partial charge in [0, 0.05) is 90.7 Å². The molecule has 0 spiro atoms. The van der Waals surface area contributed by atoms with Crippen molar-refractivity contribution >= 4 is 171 Å². The van der Waals surface area contributed by atoms with E-state index in [-0.39, 0.29) is 70.3 Å². The second-order valence-electron chi connectivity index (χ2n) is 36.6. The first-order valence-corrected chi connectivity index (χ1v) is 49.5. The third-order valence-electron chi connectivity index (χ3n) is 24.2. The summed E-state index contributed by atoms with van der Waals surface area (Å²) < 4.78 is 0. The van der Waals surface area contributed by atoms with Crippen LogP contribution in [-0.2, 0) is 133 Å². The zero-order chi connectivity index (χ0) is 109. The molecule has 7 aromatic rings. The van der Waals surface area contributed by atoms with E-state index in [1.807, 2.05) is 0 Å². The zero-order valence-electron chi connectivity index (χ0n) is 82.6. The summed E-state index contributed by atoms with van der Waals surface area (Å²) in [5.74, 6) is -27.1. The first-order valence-electron chi connectivity index (χ1n) is 48.2. The van der Waals surface area contributed by atoms with Gasteiger partial charge in [-0.05, 0) is 103 Å². The molecule has 46 nitrogen and oxygen atoms in total. The number of carboxylic acid groups (broad SMARTS) is 4. The molecule has 800 valence electrons. The van der Waals surface area contributed by atoms with Crippen molar-refractivity contribution in [2.75, 3.05) is 18.1 Å². The van der Waals surface area contributed by atoms with Gasteiger partial charge < -0.3 is 133 Å². The standard InChI is InChI=1S/C100H133N21O25S2/c1-7-54(6)84(99(144)117-75(100(145)146)39-52(2)3)121-95(140)73(46-79(104)123)115-97(142)76(50-147)118-91(136)70(42-57-27-15-10-16-28-57)113-92(137)71(43-58-48-105-63-31-19-17-29-60(58)63)114-87(132)66(34-36-78(103)122)108-93(138)74(47-82(128)129)116-86(131)65(33-21-22-38-101)107-89(134)68(40-55-23-11-8-12-24-55)112-90(135)69(41-56-25-13-9-14-26-56)111-88(133)67(35-37-80(124)125)109-96(141)77(51-148)119-98(143)83(53(4)5)120-94(139)72(110-85(130)62(102)45-81(126)127)44-59-49-106-64-32-20-18-30-61(59)64/h8-20,23-32,48-49,52-54,62,65-77,83-84,105-106,147-148H,7,21-22,33-47,50-51,101-102H2,1-6H3,(H2,103,122)(H2,104,123)(H,107,134)(H,108,138)(H,109,141)(H,110,130)(H,111,133)(H,112,135)(H,113,137)(H,114,132)(H,115,142)(H,116,131)(H,117,144)(H,118,136)(H,119,143)(H,120,139)(H,121,140)(H,124,125)(H,126,127)(H,128,129)(H,145,146)/t54-,62-,65-,66-,67-,68-,69-,70-,71-,72-,73-,74-,75-,76-,77-,83-,84-/m0/s1. The minimum atomic E-state index is -2.16. The van der Waals surface area contributed by atoms with E-state index in [2.05, 4.69) is 115 Å². The van der Waals surface area contributed by atoms with Gasteiger partial charge in [-0.15, -0.1) is 0 Å². The average Bonchev–Trinajstić information content (AvgIpc) is 1.67. The van der Waals surface area contributed by atoms with Crippen LogP contribution in [0.3, 0.4) is 0 Å². The number of aromatic nitrogens is 2. The fraction of sp³-hybridized carbons (Fsp3) is 0.450. The molecule has 0 unspecified atom stereocenters. The molecule has 17 atom stereocenters. The van der Waals surface area contributed by atoms with Gasteiger partial charge in [0.25, 0.3) is 0 Å². The monoisotopic (exact) mass is 2090 g/mol. The van der Waals surface area contributed by atoms with E-state index in [4.69, 9.17) is 22.9 Å². The Morgan fingerprint density at radius 1 is 0.324 bits per heavy atom. The number of nitrogens with one attached hydrogen (secondary N) is 17. The molecule has 17 amide bonds. The molecule has 0 aliphatic carbocycles. The topological polar surface area (TPSA) is 756 Å². The van der Waals surface area contributed by atoms with Crippen LogP contribution in [0.25, 0.3) is 21.8 Å². The molecule has 2 aromatic heterocycles. The number of rotatable bonds is 64. The molecule has 0 saturated carbocycles. The lowest BCUT2D eigenvalue weighted by Gasteiger charge is -2.29. The summed E-state index contributed by atoms with van der Waals surface area (Å²) in [5, 5.41) is 78.6. The van der Waals surface area contributed by atoms with Crippen molar-refractivity contribution < 1.29 is 121 Å². The number of aromatic amines is 2. The van der Waals surface area contributed by atoms with Gasteiger partial charge in [-0.3, -0.25) is 95.9 Å². The van der Waals surface area contributed by atoms with E-state index < -0.39 is 296 Å². The van der Waals surface area contributed by atoms with E-state index in [0.717, 1.165) is 0 Å². The minimum Gasteiger partial charge on any atom is -0.481 e. The minimum absolute atomic E-state index is 0.0279. The van der Waals surface area contributed by atoms with Crippen LogP contribution in [0.15, 0.2) is 152 Å². The van der Waals surface area contributed by atoms with Crippen molar-refractivity contribution in [2.45, 2.75) is 247 Å². The highest BCUT2D eigenvalue weighted by Gasteiger charge is 2.42. The number of amides is 17. The summed E-state index contributed by atoms with van der Waals surface area (Å²) in [6, 6.07) is 10.9. The summed E-state index contributed by atoms with van der Waals surface area (Å²) >= 11 is 8.63. The van der Waals surface area contributed by atoms with Crippen molar-refractivity contribution in [2.24, 2.45) is 40.7 Å². The summed E-state index contributed by atoms with van der Waals surface area (Å²) in [7, 11) is 0. The Hall–Kier alpha value is -15.3. The summed E-state index contributed by atoms with van der Waals surface area (Å²) in [4.78, 5) is 300. The van der Waals surface area contributed by atoms with Crippen LogP contribution in [0.5, 0.6) is 0 Å². The second kappa shape index (κ2) is 59.9. The number of thiol groups is 2. The zero-order valence-corrected chi connectivity index (χ0v) is 84.4. The van der Waals surface area contributed by atoms with Crippen molar-refractivity contribution in [1.82, 2.24) is 89.7 Å². The van der Waals surface area contributed by atoms with Crippen LogP contribution in [0.4, 0.5) is 0 Å². The fourth-order valence-electron chi connectivity index (χ4n) is 15.9. The fourth-order valence-corrected chi connectivity index (χ4v) is 16.4. The number of carbonyl (C=O) groups excluding carboxylic acids is 17. The Kier molecular flexibility index (Phi) is 48.4. The predicted octanol–water partition coefficient (Wildman–Crippen LogP) is -1.46. The highest BCUT2D eigenvalue weighted by Crippen LogP contribution is 2.24. The van der Waals surface area contributed by atoms with Crippen molar-refractivity contribution in [3.8, 4) is 0 Å². The van der Waals surface area contributed by atoms with Crippen molar-refractivity contribution in [1.29, 1.82) is 0 Å². The number of primary amides is 2. The van der Waals surface area contributed by atoms with Gasteiger partial charge in [0.05, 0.1) is 25.3 Å². The first-order chi connectivity index (χ1) is 70.3. The van der Waals surface area contributed by atoms with E-state index in [1.54, 1.807) is 187 Å². The van der Waals surface area contributed by atoms with E-state index in [0.29, 0.717) is 49.6 Å². The Bertz CT molecular complexity index is 5800. The second-order valence-corrected chi connectivity index (χ2v) is 37.4. The number of carboxylic acids is 4. The molecule has 5 aromatic carbocycles. The SMILES string of the molecule is CC[C@H](C)[C@H](NC(=O)[C@H](CC(N)=O)NC(=O)[C@H](CS)NC(=O)[C@H](Cc1ccccc1)NC(=O)[C@H](Cc1c[nH]c2ccccc12)NC(=O)[C@H](CCC(N)=O)NC(=O)[C@H](CC(=O)O)NC(=O)[C@H](CCCCN)NC(=O)[C@H](Cc1ccccc1)NC(=O)[C@H](Cc1ccccc1)NC(=O)[C@H](CCC(=O)O)NC(=O)[C@H](CS)NC(=O)[C@@H](NC(=O)[C@H](Cc1c[nH]c2ccccc12)NC(=O)[C@@H](N)CC(=O)O)C(C)C)C(=O)N[C@@H](CC(C)C)C(=O)O. The van der Waals surface area contributed by atoms with Crippen LogP contribution in [-0.4, -0.2) is 269 Å². The number of aliphatic carboxylic acids is 4. The van der Waals surface area contributed by atoms with Gasteiger partial charge in [-0.2, -0.15) is 25.3 Å². The molecule has 148 heavy (non-hydrogen) atoms. The van der Waals surface area contributed by atoms with Crippen LogP contribution in [0.1, 0.15) is 146 Å². The van der Waals surface area contributed by atoms with Crippen LogP contribution >= 0.6 is 25.3 Å². The molecule has 0 aliphatic heterocycles. The molecule has 7 rings (SSSR count). The number of H-pyrrole nitrogens is 2. The van der Waals surface area contributed by atoms with E-state index >= 15 is 24.0 Å². The third kappa shape index (κ3) is 38.9. The third-order valence-corrected chi connectivity index (χ3v) is 24.9. The van der Waals surface area contributed by atoms with Gasteiger partial charge in [0.1, 0.15) is 90.6 Å². The molecule has 0 fully saturated rings. The van der Waals surface area contributed by atoms with Crippen LogP contribution < -0.4 is 103 Å². The van der Waals surface area contributed by atoms with Crippen LogP contribution in [0, 0.1) is 17.8 Å². The van der Waals surface area contributed by atoms with E-state index in [1.165, 1.54) is 6.20 Å².